The van der Waals surface area contributed by atoms with E-state index in [0.29, 0.717) is 5.75 Å². The van der Waals surface area contributed by atoms with Gasteiger partial charge in [-0.25, -0.2) is 8.42 Å². The van der Waals surface area contributed by atoms with Crippen LogP contribution < -0.4 is 4.57 Å². The van der Waals surface area contributed by atoms with E-state index in [9.17, 15) is 18.1 Å². The first-order valence-electron chi connectivity index (χ1n) is 4.92. The van der Waals surface area contributed by atoms with Gasteiger partial charge in [0.05, 0.1) is 12.5 Å². The number of benzene rings is 1. The monoisotopic (exact) mass is 271 g/mol. The van der Waals surface area contributed by atoms with E-state index in [1.807, 2.05) is 35.9 Å². The standard InChI is InChI=1S/C10H9NO.CH4O4S/c1-11-7-9(12)6-8-4-2-3-5-10(8)11;1-5-6(2,3)4/h2-7H,1H3;1H3,(H,2,3,4). The van der Waals surface area contributed by atoms with Gasteiger partial charge in [0, 0.05) is 6.07 Å². The van der Waals surface area contributed by atoms with Gasteiger partial charge in [0.15, 0.2) is 5.75 Å². The summed E-state index contributed by atoms with van der Waals surface area (Å²) in [4.78, 5) is 0. The summed E-state index contributed by atoms with van der Waals surface area (Å²) in [6.07, 6.45) is 1.70. The number of aromatic nitrogens is 1. The second-order valence-corrected chi connectivity index (χ2v) is 4.59. The minimum Gasteiger partial charge on any atom is -0.726 e. The van der Waals surface area contributed by atoms with Crippen LogP contribution in [0.15, 0.2) is 36.5 Å². The fourth-order valence-electron chi connectivity index (χ4n) is 1.40. The van der Waals surface area contributed by atoms with Gasteiger partial charge in [-0.15, -0.1) is 0 Å². The molecule has 1 aromatic heterocycles. The Labute approximate surface area is 105 Å². The molecule has 1 N–H and O–H groups in total. The van der Waals surface area contributed by atoms with Crippen molar-refractivity contribution in [2.75, 3.05) is 7.11 Å². The van der Waals surface area contributed by atoms with Gasteiger partial charge in [-0.2, -0.15) is 4.57 Å². The van der Waals surface area contributed by atoms with Crippen molar-refractivity contribution < 1.29 is 26.8 Å². The molecule has 1 aromatic carbocycles. The maximum atomic E-state index is 9.29. The number of hydrogen-bond acceptors (Lipinski definition) is 5. The highest BCUT2D eigenvalue weighted by molar-refractivity contribution is 7.80. The van der Waals surface area contributed by atoms with Crippen molar-refractivity contribution >= 4 is 21.3 Å². The smallest absolute Gasteiger partial charge is 0.217 e. The maximum Gasteiger partial charge on any atom is 0.217 e. The number of pyridine rings is 1. The van der Waals surface area contributed by atoms with E-state index >= 15 is 0 Å². The van der Waals surface area contributed by atoms with E-state index in [-0.39, 0.29) is 0 Å². The zero-order valence-corrected chi connectivity index (χ0v) is 10.7. The van der Waals surface area contributed by atoms with E-state index in [4.69, 9.17) is 0 Å². The van der Waals surface area contributed by atoms with Crippen molar-refractivity contribution in [3.63, 3.8) is 0 Å². The number of para-hydroxylation sites is 1. The quantitative estimate of drug-likeness (QED) is 0.462. The second-order valence-electron chi connectivity index (χ2n) is 3.44. The molecule has 0 radical (unpaired) electrons. The highest BCUT2D eigenvalue weighted by Gasteiger charge is 2.04. The summed E-state index contributed by atoms with van der Waals surface area (Å²) in [6, 6.07) is 9.71. The number of nitrogens with zero attached hydrogens (tertiary/aromatic N) is 1. The zero-order valence-electron chi connectivity index (χ0n) is 9.90. The van der Waals surface area contributed by atoms with Crippen LogP contribution in [-0.4, -0.2) is 25.2 Å². The molecular formula is C11H13NO5S. The van der Waals surface area contributed by atoms with Gasteiger partial charge in [-0.05, 0) is 12.1 Å². The SMILES string of the molecule is COS(=O)(=O)[O-].C[n+]1cc(O)cc2ccccc21. The molecule has 0 saturated heterocycles. The lowest BCUT2D eigenvalue weighted by Gasteiger charge is -1.98. The molecule has 0 atom stereocenters. The summed E-state index contributed by atoms with van der Waals surface area (Å²) in [5, 5.41) is 10.3. The van der Waals surface area contributed by atoms with Crippen LogP contribution in [0.3, 0.4) is 0 Å². The Balaban J connectivity index is 0.000000232. The van der Waals surface area contributed by atoms with Crippen molar-refractivity contribution in [2.24, 2.45) is 7.05 Å². The third kappa shape index (κ3) is 4.28. The van der Waals surface area contributed by atoms with Gasteiger partial charge in [-0.3, -0.25) is 4.18 Å². The number of hydrogen-bond donors (Lipinski definition) is 1. The fraction of sp³-hybridized carbons (Fsp3) is 0.182. The van der Waals surface area contributed by atoms with Gasteiger partial charge in [-0.1, -0.05) is 12.1 Å². The molecule has 0 bridgehead atoms. The Morgan fingerprint density at radius 1 is 1.33 bits per heavy atom. The van der Waals surface area contributed by atoms with Crippen LogP contribution >= 0.6 is 0 Å². The van der Waals surface area contributed by atoms with Gasteiger partial charge >= 0.3 is 0 Å². The van der Waals surface area contributed by atoms with Crippen molar-refractivity contribution in [3.8, 4) is 5.75 Å². The third-order valence-corrected chi connectivity index (χ3v) is 2.56. The molecule has 0 saturated carbocycles. The average Bonchev–Trinajstić information content (AvgIpc) is 2.28. The van der Waals surface area contributed by atoms with Gasteiger partial charge in [0.2, 0.25) is 22.1 Å². The molecule has 0 spiro atoms. The number of fused-ring (bicyclic) bond motifs is 1. The first-order valence-corrected chi connectivity index (χ1v) is 6.25. The predicted octanol–water partition coefficient (Wildman–Crippen LogP) is 0.463. The van der Waals surface area contributed by atoms with Crippen LogP contribution in [0.1, 0.15) is 0 Å². The van der Waals surface area contributed by atoms with Gasteiger partial charge < -0.3 is 9.66 Å². The Kier molecular flexibility index (Phi) is 4.60. The molecule has 2 aromatic rings. The minimum atomic E-state index is -4.41. The van der Waals surface area contributed by atoms with Crippen molar-refractivity contribution in [1.29, 1.82) is 0 Å². The molecule has 0 aliphatic heterocycles. The highest BCUT2D eigenvalue weighted by Crippen LogP contribution is 2.14. The lowest BCUT2D eigenvalue weighted by molar-refractivity contribution is -0.645. The molecule has 6 nitrogen and oxygen atoms in total. The largest absolute Gasteiger partial charge is 0.726 e. The van der Waals surface area contributed by atoms with Crippen LogP contribution in [0.5, 0.6) is 5.75 Å². The summed E-state index contributed by atoms with van der Waals surface area (Å²) >= 11 is 0. The minimum absolute atomic E-state index is 0.302. The summed E-state index contributed by atoms with van der Waals surface area (Å²) in [5.41, 5.74) is 1.12. The van der Waals surface area contributed by atoms with E-state index in [1.165, 1.54) is 0 Å². The van der Waals surface area contributed by atoms with Gasteiger partial charge in [0.25, 0.3) is 0 Å². The Morgan fingerprint density at radius 3 is 2.44 bits per heavy atom. The normalized spacial score (nSPS) is 10.8. The summed E-state index contributed by atoms with van der Waals surface area (Å²) in [7, 11) is -1.69. The van der Waals surface area contributed by atoms with Crippen molar-refractivity contribution in [3.05, 3.63) is 36.5 Å². The summed E-state index contributed by atoms with van der Waals surface area (Å²) < 4.78 is 32.9. The molecule has 0 unspecified atom stereocenters. The molecule has 2 rings (SSSR count). The van der Waals surface area contributed by atoms with Gasteiger partial charge in [0.1, 0.15) is 7.05 Å². The van der Waals surface area contributed by atoms with Crippen LogP contribution in [0.4, 0.5) is 0 Å². The topological polar surface area (TPSA) is 90.5 Å². The molecule has 7 heteroatoms. The Morgan fingerprint density at radius 2 is 1.89 bits per heavy atom. The first kappa shape index (κ1) is 14.4. The molecule has 98 valence electrons. The van der Waals surface area contributed by atoms with Crippen LogP contribution in [0.2, 0.25) is 0 Å². The fourth-order valence-corrected chi connectivity index (χ4v) is 1.40. The first-order chi connectivity index (χ1) is 8.33. The van der Waals surface area contributed by atoms with Crippen molar-refractivity contribution in [1.82, 2.24) is 0 Å². The van der Waals surface area contributed by atoms with Crippen molar-refractivity contribution in [2.45, 2.75) is 0 Å². The molecule has 0 amide bonds. The van der Waals surface area contributed by atoms with E-state index < -0.39 is 10.4 Å². The zero-order chi connectivity index (χ0) is 13.8. The molecule has 18 heavy (non-hydrogen) atoms. The highest BCUT2D eigenvalue weighted by atomic mass is 32.3. The number of rotatable bonds is 1. The lowest BCUT2D eigenvalue weighted by Crippen LogP contribution is -2.27. The molecular weight excluding hydrogens is 258 g/mol. The molecule has 1 heterocycles. The summed E-state index contributed by atoms with van der Waals surface area (Å²) in [5.74, 6) is 0.302. The van der Waals surface area contributed by atoms with Crippen LogP contribution in [0.25, 0.3) is 10.9 Å². The second kappa shape index (κ2) is 5.76. The summed E-state index contributed by atoms with van der Waals surface area (Å²) in [6.45, 7) is 0. The van der Waals surface area contributed by atoms with Crippen LogP contribution in [0, 0.1) is 0 Å². The van der Waals surface area contributed by atoms with E-state index in [2.05, 4.69) is 4.18 Å². The lowest BCUT2D eigenvalue weighted by atomic mass is 10.2. The molecule has 0 aliphatic rings. The number of aryl methyl sites for hydroxylation is 1. The van der Waals surface area contributed by atoms with Crippen LogP contribution in [-0.2, 0) is 21.6 Å². The van der Waals surface area contributed by atoms with E-state index in [0.717, 1.165) is 18.0 Å². The maximum absolute atomic E-state index is 9.29. The van der Waals surface area contributed by atoms with E-state index in [1.54, 1.807) is 12.3 Å². The Hall–Kier alpha value is -1.70. The molecule has 0 aliphatic carbocycles. The average molecular weight is 271 g/mol. The Bertz CT molecular complexity index is 639. The molecule has 0 fully saturated rings. The predicted molar refractivity (Wildman–Crippen MR) is 63.5 cm³/mol. The third-order valence-electron chi connectivity index (χ3n) is 2.15. The number of aromatic hydroxyl groups is 1.